The van der Waals surface area contributed by atoms with E-state index in [1.165, 1.54) is 27.5 Å². The fourth-order valence-electron chi connectivity index (χ4n) is 8.24. The lowest BCUT2D eigenvalue weighted by molar-refractivity contribution is 0.669. The van der Waals surface area contributed by atoms with Gasteiger partial charge in [-0.25, -0.2) is 0 Å². The molecule has 0 saturated carbocycles. The van der Waals surface area contributed by atoms with Crippen molar-refractivity contribution < 1.29 is 8.83 Å². The highest BCUT2D eigenvalue weighted by molar-refractivity contribution is 6.19. The molecule has 0 aliphatic carbocycles. The van der Waals surface area contributed by atoms with Crippen molar-refractivity contribution in [2.24, 2.45) is 0 Å². The van der Waals surface area contributed by atoms with Crippen LogP contribution in [0.15, 0.2) is 209 Å². The van der Waals surface area contributed by atoms with E-state index in [4.69, 9.17) is 8.83 Å². The van der Waals surface area contributed by atoms with Crippen LogP contribution in [0.1, 0.15) is 0 Å². The first-order chi connectivity index (χ1) is 27.3. The molecule has 258 valence electrons. The number of nitrogens with zero attached hydrogens (tertiary/aromatic N) is 1. The third-order valence-electron chi connectivity index (χ3n) is 10.9. The van der Waals surface area contributed by atoms with E-state index in [1.807, 2.05) is 18.2 Å². The summed E-state index contributed by atoms with van der Waals surface area (Å²) in [6.45, 7) is 0. The lowest BCUT2D eigenvalue weighted by atomic mass is 9.95. The molecule has 2 aromatic heterocycles. The van der Waals surface area contributed by atoms with Crippen LogP contribution in [0.3, 0.4) is 0 Å². The van der Waals surface area contributed by atoms with Gasteiger partial charge in [0.1, 0.15) is 22.3 Å². The van der Waals surface area contributed by atoms with E-state index in [2.05, 4.69) is 187 Å². The van der Waals surface area contributed by atoms with Gasteiger partial charge in [-0.15, -0.1) is 0 Å². The molecular formula is C52H33NO2. The third kappa shape index (κ3) is 5.20. The highest BCUT2D eigenvalue weighted by Crippen LogP contribution is 2.48. The number of hydrogen-bond acceptors (Lipinski definition) is 3. The van der Waals surface area contributed by atoms with Crippen molar-refractivity contribution >= 4 is 71.7 Å². The average Bonchev–Trinajstić information content (AvgIpc) is 3.83. The van der Waals surface area contributed by atoms with Crippen molar-refractivity contribution in [3.8, 4) is 33.4 Å². The van der Waals surface area contributed by atoms with Gasteiger partial charge in [0, 0.05) is 33.1 Å². The summed E-state index contributed by atoms with van der Waals surface area (Å²) in [5, 5.41) is 6.71. The molecule has 3 heteroatoms. The van der Waals surface area contributed by atoms with Gasteiger partial charge in [0.2, 0.25) is 0 Å². The van der Waals surface area contributed by atoms with Crippen LogP contribution in [-0.4, -0.2) is 0 Å². The van der Waals surface area contributed by atoms with E-state index in [0.29, 0.717) is 0 Å². The minimum atomic E-state index is 0.858. The van der Waals surface area contributed by atoms with Crippen LogP contribution in [0.4, 0.5) is 17.1 Å². The molecule has 0 saturated heterocycles. The van der Waals surface area contributed by atoms with Crippen LogP contribution >= 0.6 is 0 Å². The molecule has 0 aliphatic rings. The summed E-state index contributed by atoms with van der Waals surface area (Å²) in [5.74, 6) is 0. The monoisotopic (exact) mass is 703 g/mol. The van der Waals surface area contributed by atoms with Crippen molar-refractivity contribution in [1.82, 2.24) is 0 Å². The average molecular weight is 704 g/mol. The Morgan fingerprint density at radius 2 is 0.891 bits per heavy atom. The second kappa shape index (κ2) is 12.6. The largest absolute Gasteiger partial charge is 0.456 e. The first-order valence-electron chi connectivity index (χ1n) is 18.7. The molecule has 0 radical (unpaired) electrons. The van der Waals surface area contributed by atoms with Crippen LogP contribution in [0.25, 0.3) is 88.0 Å². The number of anilines is 3. The maximum absolute atomic E-state index is 6.84. The fraction of sp³-hybridized carbons (Fsp3) is 0. The Kier molecular flexibility index (Phi) is 7.17. The molecule has 0 aliphatic heterocycles. The predicted octanol–water partition coefficient (Wildman–Crippen LogP) is 15.1. The van der Waals surface area contributed by atoms with E-state index >= 15 is 0 Å². The Morgan fingerprint density at radius 3 is 1.65 bits per heavy atom. The Hall–Kier alpha value is -7.36. The van der Waals surface area contributed by atoms with Gasteiger partial charge in [-0.3, -0.25) is 0 Å². The SMILES string of the molecule is c1ccc(-c2ccc(-c3ccc(N(c4ccc5oc6ccccc6c5c4)c4ccc(-c5cccc6ccccc56)c5oc6ccccc6c45)cc3)cc2)cc1. The number of rotatable bonds is 6. The van der Waals surface area contributed by atoms with Crippen molar-refractivity contribution in [3.05, 3.63) is 200 Å². The summed E-state index contributed by atoms with van der Waals surface area (Å²) < 4.78 is 13.1. The van der Waals surface area contributed by atoms with Gasteiger partial charge >= 0.3 is 0 Å². The van der Waals surface area contributed by atoms with E-state index in [1.54, 1.807) is 0 Å². The zero-order valence-electron chi connectivity index (χ0n) is 29.8. The maximum Gasteiger partial charge on any atom is 0.145 e. The molecule has 0 amide bonds. The normalized spacial score (nSPS) is 11.6. The van der Waals surface area contributed by atoms with E-state index in [-0.39, 0.29) is 0 Å². The molecule has 9 aromatic carbocycles. The highest BCUT2D eigenvalue weighted by atomic mass is 16.3. The number of furan rings is 2. The number of hydrogen-bond donors (Lipinski definition) is 0. The first-order valence-corrected chi connectivity index (χ1v) is 18.7. The molecular weight excluding hydrogens is 671 g/mol. The molecule has 0 bridgehead atoms. The van der Waals surface area contributed by atoms with E-state index in [9.17, 15) is 0 Å². The Morgan fingerprint density at radius 1 is 0.327 bits per heavy atom. The van der Waals surface area contributed by atoms with Gasteiger partial charge in [-0.2, -0.15) is 0 Å². The molecule has 0 fully saturated rings. The fourth-order valence-corrected chi connectivity index (χ4v) is 8.24. The number of benzene rings is 9. The molecule has 0 spiro atoms. The van der Waals surface area contributed by atoms with Gasteiger partial charge in [-0.1, -0.05) is 146 Å². The first kappa shape index (κ1) is 31.2. The van der Waals surface area contributed by atoms with Gasteiger partial charge in [0.05, 0.1) is 11.1 Å². The van der Waals surface area contributed by atoms with E-state index in [0.717, 1.165) is 77.6 Å². The van der Waals surface area contributed by atoms with Gasteiger partial charge in [0.15, 0.2) is 0 Å². The maximum atomic E-state index is 6.84. The molecule has 0 unspecified atom stereocenters. The molecule has 2 heterocycles. The number of fused-ring (bicyclic) bond motifs is 7. The lowest BCUT2D eigenvalue weighted by Gasteiger charge is -2.27. The summed E-state index contributed by atoms with van der Waals surface area (Å²) in [7, 11) is 0. The van der Waals surface area contributed by atoms with Crippen LogP contribution in [0.2, 0.25) is 0 Å². The summed E-state index contributed by atoms with van der Waals surface area (Å²) in [6, 6.07) is 70.9. The van der Waals surface area contributed by atoms with Crippen LogP contribution in [-0.2, 0) is 0 Å². The minimum Gasteiger partial charge on any atom is -0.456 e. The molecule has 55 heavy (non-hydrogen) atoms. The Balaban J connectivity index is 1.12. The second-order valence-electron chi connectivity index (χ2n) is 14.1. The quantitative estimate of drug-likeness (QED) is 0.173. The van der Waals surface area contributed by atoms with Crippen molar-refractivity contribution in [2.75, 3.05) is 4.90 Å². The third-order valence-corrected chi connectivity index (χ3v) is 10.9. The molecule has 11 rings (SSSR count). The topological polar surface area (TPSA) is 29.5 Å². The van der Waals surface area contributed by atoms with Gasteiger partial charge < -0.3 is 13.7 Å². The van der Waals surface area contributed by atoms with Crippen LogP contribution in [0.5, 0.6) is 0 Å². The van der Waals surface area contributed by atoms with Gasteiger partial charge in [0.25, 0.3) is 0 Å². The minimum absolute atomic E-state index is 0.858. The number of para-hydroxylation sites is 2. The van der Waals surface area contributed by atoms with Crippen LogP contribution in [0, 0.1) is 0 Å². The standard InChI is InChI=1S/C52H33NO2/c1-2-11-34(12-3-1)35-21-23-36(24-22-35)37-25-27-39(28-26-37)53(40-29-32-50-46(33-40)43-16-6-8-19-48(43)54-50)47-31-30-44(42-18-10-14-38-13-4-5-15-41(38)42)52-51(47)45-17-7-9-20-49(45)55-52/h1-33H. The van der Waals surface area contributed by atoms with Crippen molar-refractivity contribution in [1.29, 1.82) is 0 Å². The molecule has 0 N–H and O–H groups in total. The predicted molar refractivity (Wildman–Crippen MR) is 229 cm³/mol. The van der Waals surface area contributed by atoms with E-state index < -0.39 is 0 Å². The molecule has 0 atom stereocenters. The Labute approximate surface area is 317 Å². The molecule has 3 nitrogen and oxygen atoms in total. The smallest absolute Gasteiger partial charge is 0.145 e. The van der Waals surface area contributed by atoms with Crippen molar-refractivity contribution in [2.45, 2.75) is 0 Å². The molecule has 11 aromatic rings. The summed E-state index contributed by atoms with van der Waals surface area (Å²) in [5.41, 5.74) is 13.5. The second-order valence-corrected chi connectivity index (χ2v) is 14.1. The lowest BCUT2D eigenvalue weighted by Crippen LogP contribution is -2.10. The highest BCUT2D eigenvalue weighted by Gasteiger charge is 2.23. The summed E-state index contributed by atoms with van der Waals surface area (Å²) >= 11 is 0. The van der Waals surface area contributed by atoms with Gasteiger partial charge in [-0.05, 0) is 93.2 Å². The van der Waals surface area contributed by atoms with Crippen molar-refractivity contribution in [3.63, 3.8) is 0 Å². The zero-order valence-corrected chi connectivity index (χ0v) is 29.8. The zero-order chi connectivity index (χ0) is 36.3. The van der Waals surface area contributed by atoms with Crippen LogP contribution < -0.4 is 4.90 Å². The summed E-state index contributed by atoms with van der Waals surface area (Å²) in [4.78, 5) is 2.36. The summed E-state index contributed by atoms with van der Waals surface area (Å²) in [6.07, 6.45) is 0. The Bertz CT molecular complexity index is 3180.